The minimum Gasteiger partial charge on any atom is -0.393 e. The third kappa shape index (κ3) is 7.17. The number of allylic oxidation sites excluding steroid dienone is 3. The molecule has 0 radical (unpaired) electrons. The van der Waals surface area contributed by atoms with Crippen molar-refractivity contribution in [3.63, 3.8) is 0 Å². The Balaban J connectivity index is 1.90. The topological polar surface area (TPSA) is 60.7 Å². The van der Waals surface area contributed by atoms with E-state index in [1.54, 1.807) is 0 Å². The minimum absolute atomic E-state index is 0.396. The normalized spacial score (nSPS) is 34.9. The van der Waals surface area contributed by atoms with Crippen LogP contribution in [-0.2, 0) is 0 Å². The summed E-state index contributed by atoms with van der Waals surface area (Å²) in [7, 11) is 0. The lowest BCUT2D eigenvalue weighted by Crippen LogP contribution is -2.28. The quantitative estimate of drug-likeness (QED) is 0.562. The van der Waals surface area contributed by atoms with Gasteiger partial charge >= 0.3 is 0 Å². The van der Waals surface area contributed by atoms with Gasteiger partial charge < -0.3 is 15.3 Å². The molecule has 3 nitrogen and oxygen atoms in total. The van der Waals surface area contributed by atoms with E-state index in [0.29, 0.717) is 24.7 Å². The molecule has 0 spiro atoms. The highest BCUT2D eigenvalue weighted by molar-refractivity contribution is 5.37. The van der Waals surface area contributed by atoms with Crippen LogP contribution in [0.15, 0.2) is 36.0 Å². The Labute approximate surface area is 172 Å². The predicted octanol–water partition coefficient (Wildman–Crippen LogP) is 5.17. The molecule has 0 unspecified atom stereocenters. The second-order valence-electron chi connectivity index (χ2n) is 10.1. The summed E-state index contributed by atoms with van der Waals surface area (Å²) >= 11 is 0. The molecule has 0 aromatic rings. The zero-order valence-electron chi connectivity index (χ0n) is 18.4. The average molecular weight is 391 g/mol. The first-order valence-corrected chi connectivity index (χ1v) is 11.2. The molecule has 2 aliphatic rings. The maximum absolute atomic E-state index is 9.97. The molecule has 2 saturated carbocycles. The molecule has 2 aliphatic carbocycles. The fraction of sp³-hybridized carbons (Fsp3) is 0.760. The van der Waals surface area contributed by atoms with Crippen molar-refractivity contribution >= 4 is 0 Å². The lowest BCUT2D eigenvalue weighted by molar-refractivity contribution is 0.0635. The molecule has 2 rings (SSSR count). The smallest absolute Gasteiger partial charge is 0.0811 e. The van der Waals surface area contributed by atoms with Crippen LogP contribution in [0.5, 0.6) is 0 Å². The summed E-state index contributed by atoms with van der Waals surface area (Å²) in [6.45, 7) is 12.6. The van der Waals surface area contributed by atoms with Crippen molar-refractivity contribution in [1.29, 1.82) is 0 Å². The molecule has 0 saturated heterocycles. The van der Waals surface area contributed by atoms with Crippen LogP contribution in [0, 0.1) is 23.7 Å². The minimum atomic E-state index is -0.618. The van der Waals surface area contributed by atoms with E-state index in [0.717, 1.165) is 35.8 Å². The van der Waals surface area contributed by atoms with E-state index in [-0.39, 0.29) is 0 Å². The van der Waals surface area contributed by atoms with Gasteiger partial charge in [0.1, 0.15) is 0 Å². The van der Waals surface area contributed by atoms with E-state index in [1.165, 1.54) is 25.7 Å². The number of hydrogen-bond acceptors (Lipinski definition) is 3. The van der Waals surface area contributed by atoms with Gasteiger partial charge in [-0.05, 0) is 80.8 Å². The third-order valence-electron chi connectivity index (χ3n) is 6.92. The Morgan fingerprint density at radius 3 is 2.61 bits per heavy atom. The van der Waals surface area contributed by atoms with Crippen molar-refractivity contribution in [2.24, 2.45) is 23.7 Å². The Hall–Kier alpha value is -0.900. The molecule has 2 fully saturated rings. The van der Waals surface area contributed by atoms with Crippen molar-refractivity contribution in [3.8, 4) is 0 Å². The van der Waals surface area contributed by atoms with Gasteiger partial charge in [0.2, 0.25) is 0 Å². The fourth-order valence-electron chi connectivity index (χ4n) is 5.02. The zero-order chi connectivity index (χ0) is 20.9. The van der Waals surface area contributed by atoms with Gasteiger partial charge in [-0.1, -0.05) is 51.5 Å². The zero-order valence-corrected chi connectivity index (χ0v) is 18.4. The fourth-order valence-corrected chi connectivity index (χ4v) is 5.02. The van der Waals surface area contributed by atoms with Crippen molar-refractivity contribution in [3.05, 3.63) is 36.0 Å². The largest absolute Gasteiger partial charge is 0.393 e. The molecule has 160 valence electrons. The van der Waals surface area contributed by atoms with Crippen molar-refractivity contribution < 1.29 is 15.3 Å². The molecular formula is C25H42O3. The van der Waals surface area contributed by atoms with Crippen LogP contribution in [0.3, 0.4) is 0 Å². The van der Waals surface area contributed by atoms with Gasteiger partial charge in [0.15, 0.2) is 0 Å². The highest BCUT2D eigenvalue weighted by Gasteiger charge is 2.30. The number of aliphatic hydroxyl groups excluding tert-OH is 2. The summed E-state index contributed by atoms with van der Waals surface area (Å²) in [5, 5.41) is 29.8. The third-order valence-corrected chi connectivity index (χ3v) is 6.92. The lowest BCUT2D eigenvalue weighted by atomic mass is 9.68. The SMILES string of the molecule is C=C1/C(=C\C=C\[C@@H]2CC[C@@H](C)[C@H]([C@H](C)CCCC(C)(C)O)C2)C[C@@H](O)C[C@@H]1O. The molecule has 0 aliphatic heterocycles. The van der Waals surface area contributed by atoms with Crippen molar-refractivity contribution in [2.45, 2.75) is 96.9 Å². The van der Waals surface area contributed by atoms with Gasteiger partial charge in [-0.2, -0.15) is 0 Å². The van der Waals surface area contributed by atoms with E-state index in [4.69, 9.17) is 0 Å². The van der Waals surface area contributed by atoms with Gasteiger partial charge in [-0.25, -0.2) is 0 Å². The summed E-state index contributed by atoms with van der Waals surface area (Å²) in [6.07, 6.45) is 13.3. The predicted molar refractivity (Wildman–Crippen MR) is 117 cm³/mol. The summed E-state index contributed by atoms with van der Waals surface area (Å²) in [4.78, 5) is 0. The van der Waals surface area contributed by atoms with E-state index in [1.807, 2.05) is 19.9 Å². The van der Waals surface area contributed by atoms with E-state index in [9.17, 15) is 15.3 Å². The Morgan fingerprint density at radius 1 is 1.21 bits per heavy atom. The van der Waals surface area contributed by atoms with Crippen LogP contribution in [0.1, 0.15) is 79.1 Å². The Bertz CT molecular complexity index is 569. The molecule has 6 atom stereocenters. The average Bonchev–Trinajstić information content (AvgIpc) is 2.59. The van der Waals surface area contributed by atoms with Gasteiger partial charge in [-0.3, -0.25) is 0 Å². The first-order chi connectivity index (χ1) is 13.1. The maximum atomic E-state index is 9.97. The summed E-state index contributed by atoms with van der Waals surface area (Å²) in [5.41, 5.74) is 1.18. The molecule has 3 N–H and O–H groups in total. The van der Waals surface area contributed by atoms with Crippen molar-refractivity contribution in [1.82, 2.24) is 0 Å². The summed E-state index contributed by atoms with van der Waals surface area (Å²) in [5.74, 6) is 2.80. The lowest BCUT2D eigenvalue weighted by Gasteiger charge is -2.37. The number of hydrogen-bond donors (Lipinski definition) is 3. The summed E-state index contributed by atoms with van der Waals surface area (Å²) < 4.78 is 0. The van der Waals surface area contributed by atoms with E-state index >= 15 is 0 Å². The van der Waals surface area contributed by atoms with Gasteiger partial charge in [0.25, 0.3) is 0 Å². The molecule has 28 heavy (non-hydrogen) atoms. The summed E-state index contributed by atoms with van der Waals surface area (Å²) in [6, 6.07) is 0. The van der Waals surface area contributed by atoms with Crippen LogP contribution in [-0.4, -0.2) is 33.1 Å². The maximum Gasteiger partial charge on any atom is 0.0811 e. The first kappa shape index (κ1) is 23.4. The van der Waals surface area contributed by atoms with Crippen LogP contribution in [0.4, 0.5) is 0 Å². The standard InChI is InChI=1S/C25H42O3/c1-17(8-7-13-25(4,5)28)23-14-20(12-11-18(23)2)9-6-10-21-15-22(26)16-24(27)19(21)3/h6,9-10,17-18,20,22-24,26-28H,3,7-8,11-16H2,1-2,4-5H3/b9-6+,21-10-/t17-,18-,20-,22-,23+,24+/m1/s1. The van der Waals surface area contributed by atoms with Crippen LogP contribution < -0.4 is 0 Å². The second kappa shape index (κ2) is 10.2. The number of aliphatic hydroxyl groups is 3. The molecule has 3 heteroatoms. The van der Waals surface area contributed by atoms with Gasteiger partial charge in [-0.15, -0.1) is 0 Å². The monoisotopic (exact) mass is 390 g/mol. The Kier molecular flexibility index (Phi) is 8.54. The second-order valence-corrected chi connectivity index (χ2v) is 10.1. The highest BCUT2D eigenvalue weighted by Crippen LogP contribution is 2.40. The van der Waals surface area contributed by atoms with Crippen LogP contribution >= 0.6 is 0 Å². The van der Waals surface area contributed by atoms with Gasteiger partial charge in [0, 0.05) is 6.42 Å². The molecule has 0 bridgehead atoms. The Morgan fingerprint density at radius 2 is 1.93 bits per heavy atom. The van der Waals surface area contributed by atoms with Crippen LogP contribution in [0.25, 0.3) is 0 Å². The molecule has 0 aromatic heterocycles. The van der Waals surface area contributed by atoms with E-state index < -0.39 is 17.8 Å². The first-order valence-electron chi connectivity index (χ1n) is 11.2. The van der Waals surface area contributed by atoms with Gasteiger partial charge in [0.05, 0.1) is 17.8 Å². The number of rotatable bonds is 7. The van der Waals surface area contributed by atoms with E-state index in [2.05, 4.69) is 32.6 Å². The molecule has 0 amide bonds. The van der Waals surface area contributed by atoms with Crippen molar-refractivity contribution in [2.75, 3.05) is 0 Å². The molecular weight excluding hydrogens is 348 g/mol. The molecule has 0 aromatic carbocycles. The highest BCUT2D eigenvalue weighted by atomic mass is 16.3. The van der Waals surface area contributed by atoms with Crippen LogP contribution in [0.2, 0.25) is 0 Å². The molecule has 0 heterocycles.